The monoisotopic (exact) mass is 377 g/mol. The van der Waals surface area contributed by atoms with Crippen LogP contribution in [0.4, 0.5) is 0 Å². The first-order valence-electron chi connectivity index (χ1n) is 8.38. The molecule has 27 heavy (non-hydrogen) atoms. The number of hydrogen-bond donors (Lipinski definition) is 1. The molecular weight excluding hydrogens is 358 g/mol. The molecule has 0 fully saturated rings. The normalized spacial score (nSPS) is 10.9. The van der Waals surface area contributed by atoms with Gasteiger partial charge in [-0.3, -0.25) is 4.79 Å². The van der Waals surface area contributed by atoms with Crippen molar-refractivity contribution in [2.75, 3.05) is 7.11 Å². The Bertz CT molecular complexity index is 955. The lowest BCUT2D eigenvalue weighted by atomic mass is 10.1. The maximum absolute atomic E-state index is 12.3. The van der Waals surface area contributed by atoms with Crippen molar-refractivity contribution in [2.24, 2.45) is 0 Å². The first-order chi connectivity index (χ1) is 13.2. The van der Waals surface area contributed by atoms with Crippen molar-refractivity contribution in [3.63, 3.8) is 0 Å². The summed E-state index contributed by atoms with van der Waals surface area (Å²) in [7, 11) is 1.64. The predicted octanol–water partition coefficient (Wildman–Crippen LogP) is 4.98. The molecule has 0 aliphatic rings. The summed E-state index contributed by atoms with van der Waals surface area (Å²) in [6, 6.07) is 17.9. The Kier molecular flexibility index (Phi) is 6.28. The molecule has 0 spiro atoms. The fourth-order valence-electron chi connectivity index (χ4n) is 2.53. The van der Waals surface area contributed by atoms with Gasteiger partial charge < -0.3 is 9.84 Å². The van der Waals surface area contributed by atoms with Gasteiger partial charge in [-0.1, -0.05) is 30.3 Å². The minimum absolute atomic E-state index is 0.0764. The molecule has 5 heteroatoms. The van der Waals surface area contributed by atoms with Crippen molar-refractivity contribution >= 4 is 23.6 Å². The topological polar surface area (TPSA) is 59.4 Å². The number of ether oxygens (including phenoxy) is 1. The van der Waals surface area contributed by atoms with Gasteiger partial charge in [0.25, 0.3) is 0 Å². The minimum atomic E-state index is -0.161. The molecule has 0 saturated heterocycles. The van der Waals surface area contributed by atoms with Crippen LogP contribution in [0.15, 0.2) is 78.0 Å². The van der Waals surface area contributed by atoms with E-state index in [4.69, 9.17) is 4.74 Å². The van der Waals surface area contributed by atoms with Crippen LogP contribution in [-0.4, -0.2) is 23.0 Å². The predicted molar refractivity (Wildman–Crippen MR) is 108 cm³/mol. The molecule has 136 valence electrons. The molecule has 3 aromatic rings. The van der Waals surface area contributed by atoms with Gasteiger partial charge in [-0.2, -0.15) is 0 Å². The number of carbonyl (C=O) groups excluding carboxylic acids is 1. The molecule has 0 radical (unpaired) electrons. The molecule has 3 rings (SSSR count). The number of carbonyl (C=O) groups is 1. The van der Waals surface area contributed by atoms with E-state index >= 15 is 0 Å². The summed E-state index contributed by atoms with van der Waals surface area (Å²) in [6.07, 6.45) is 5.04. The maximum Gasteiger partial charge on any atom is 0.185 e. The largest absolute Gasteiger partial charge is 0.508 e. The lowest BCUT2D eigenvalue weighted by molar-refractivity contribution is 0.104. The van der Waals surface area contributed by atoms with Gasteiger partial charge in [-0.15, -0.1) is 11.8 Å². The van der Waals surface area contributed by atoms with E-state index in [1.165, 1.54) is 18.2 Å². The van der Waals surface area contributed by atoms with Gasteiger partial charge in [0.05, 0.1) is 12.1 Å². The summed E-state index contributed by atoms with van der Waals surface area (Å²) < 4.78 is 5.44. The number of phenolic OH excluding ortho intramolecular Hbond substituents is 1. The lowest BCUT2D eigenvalue weighted by Gasteiger charge is -2.09. The van der Waals surface area contributed by atoms with Crippen LogP contribution >= 0.6 is 11.8 Å². The SMILES string of the molecule is COc1ccc(/C=C/C(=O)c2cccc(O)c2)cc1CSc1ccccn1. The highest BCUT2D eigenvalue weighted by Crippen LogP contribution is 2.28. The second kappa shape index (κ2) is 9.05. The molecule has 0 saturated carbocycles. The van der Waals surface area contributed by atoms with E-state index in [-0.39, 0.29) is 11.5 Å². The van der Waals surface area contributed by atoms with E-state index in [9.17, 15) is 9.90 Å². The van der Waals surface area contributed by atoms with Crippen LogP contribution in [0.25, 0.3) is 6.08 Å². The molecule has 0 aliphatic heterocycles. The van der Waals surface area contributed by atoms with Crippen molar-refractivity contribution < 1.29 is 14.6 Å². The van der Waals surface area contributed by atoms with Gasteiger partial charge in [0.2, 0.25) is 0 Å². The Morgan fingerprint density at radius 2 is 2.04 bits per heavy atom. The van der Waals surface area contributed by atoms with E-state index in [0.717, 1.165) is 21.9 Å². The van der Waals surface area contributed by atoms with E-state index in [1.54, 1.807) is 43.3 Å². The molecule has 1 heterocycles. The number of nitrogens with zero attached hydrogens (tertiary/aromatic N) is 1. The average Bonchev–Trinajstić information content (AvgIpc) is 2.71. The van der Waals surface area contributed by atoms with E-state index < -0.39 is 0 Å². The number of thioether (sulfide) groups is 1. The fourth-order valence-corrected chi connectivity index (χ4v) is 3.37. The number of allylic oxidation sites excluding steroid dienone is 1. The molecule has 0 atom stereocenters. The average molecular weight is 377 g/mol. The van der Waals surface area contributed by atoms with E-state index in [0.29, 0.717) is 11.3 Å². The third-order valence-electron chi connectivity index (χ3n) is 3.88. The number of aromatic nitrogens is 1. The van der Waals surface area contributed by atoms with Crippen LogP contribution in [0.5, 0.6) is 11.5 Å². The molecule has 0 bridgehead atoms. The molecule has 1 N–H and O–H groups in total. The van der Waals surface area contributed by atoms with Gasteiger partial charge in [-0.25, -0.2) is 4.98 Å². The van der Waals surface area contributed by atoms with Crippen LogP contribution in [0.2, 0.25) is 0 Å². The summed E-state index contributed by atoms with van der Waals surface area (Å²) in [5, 5.41) is 10.4. The van der Waals surface area contributed by atoms with Crippen molar-refractivity contribution in [3.8, 4) is 11.5 Å². The van der Waals surface area contributed by atoms with Crippen molar-refractivity contribution in [3.05, 3.63) is 89.6 Å². The highest BCUT2D eigenvalue weighted by atomic mass is 32.2. The number of aromatic hydroxyl groups is 1. The summed E-state index contributed by atoms with van der Waals surface area (Å²) in [5.74, 6) is 1.43. The standard InChI is InChI=1S/C22H19NO3S/c1-26-21-11-9-16(8-10-20(25)17-5-4-6-19(24)14-17)13-18(21)15-27-22-7-2-3-12-23-22/h2-14,24H,15H2,1H3/b10-8+. The number of hydrogen-bond acceptors (Lipinski definition) is 5. The fraction of sp³-hybridized carbons (Fsp3) is 0.0909. The van der Waals surface area contributed by atoms with Gasteiger partial charge in [0.1, 0.15) is 11.5 Å². The molecule has 0 aliphatic carbocycles. The highest BCUT2D eigenvalue weighted by molar-refractivity contribution is 7.98. The van der Waals surface area contributed by atoms with Crippen molar-refractivity contribution in [1.82, 2.24) is 4.98 Å². The smallest absolute Gasteiger partial charge is 0.185 e. The van der Waals surface area contributed by atoms with Crippen molar-refractivity contribution in [2.45, 2.75) is 10.8 Å². The Morgan fingerprint density at radius 3 is 2.78 bits per heavy atom. The summed E-state index contributed by atoms with van der Waals surface area (Å²) >= 11 is 1.62. The molecule has 2 aromatic carbocycles. The Balaban J connectivity index is 1.75. The summed E-state index contributed by atoms with van der Waals surface area (Å²) in [4.78, 5) is 16.6. The zero-order valence-electron chi connectivity index (χ0n) is 14.8. The number of pyridine rings is 1. The van der Waals surface area contributed by atoms with Gasteiger partial charge >= 0.3 is 0 Å². The summed E-state index contributed by atoms with van der Waals surface area (Å²) in [5.41, 5.74) is 2.38. The zero-order valence-corrected chi connectivity index (χ0v) is 15.6. The van der Waals surface area contributed by atoms with Crippen LogP contribution in [-0.2, 0) is 5.75 Å². The quantitative estimate of drug-likeness (QED) is 0.357. The lowest BCUT2D eigenvalue weighted by Crippen LogP contribution is -1.94. The van der Waals surface area contributed by atoms with Crippen LogP contribution in [0, 0.1) is 0 Å². The van der Waals surface area contributed by atoms with E-state index in [1.807, 2.05) is 36.4 Å². The Hall–Kier alpha value is -3.05. The van der Waals surface area contributed by atoms with Gasteiger partial charge in [0.15, 0.2) is 5.78 Å². The Morgan fingerprint density at radius 1 is 1.15 bits per heavy atom. The number of methoxy groups -OCH3 is 1. The van der Waals surface area contributed by atoms with Crippen molar-refractivity contribution in [1.29, 1.82) is 0 Å². The first-order valence-corrected chi connectivity index (χ1v) is 9.36. The van der Waals surface area contributed by atoms with E-state index in [2.05, 4.69) is 4.98 Å². The molecule has 0 amide bonds. The zero-order chi connectivity index (χ0) is 19.1. The second-order valence-electron chi connectivity index (χ2n) is 5.78. The highest BCUT2D eigenvalue weighted by Gasteiger charge is 2.06. The third-order valence-corrected chi connectivity index (χ3v) is 4.87. The Labute approximate surface area is 162 Å². The van der Waals surface area contributed by atoms with Crippen LogP contribution in [0.3, 0.4) is 0 Å². The number of benzene rings is 2. The number of rotatable bonds is 7. The number of ketones is 1. The third kappa shape index (κ3) is 5.21. The van der Waals surface area contributed by atoms with Gasteiger partial charge in [0, 0.05) is 23.1 Å². The molecule has 1 aromatic heterocycles. The molecular formula is C22H19NO3S. The van der Waals surface area contributed by atoms with Gasteiger partial charge in [-0.05, 0) is 48.0 Å². The summed E-state index contributed by atoms with van der Waals surface area (Å²) in [6.45, 7) is 0. The van der Waals surface area contributed by atoms with Crippen LogP contribution < -0.4 is 4.74 Å². The van der Waals surface area contributed by atoms with Crippen LogP contribution in [0.1, 0.15) is 21.5 Å². The molecule has 4 nitrogen and oxygen atoms in total. The first kappa shape index (κ1) is 18.7. The molecule has 0 unspecified atom stereocenters. The second-order valence-corrected chi connectivity index (χ2v) is 6.77. The minimum Gasteiger partial charge on any atom is -0.508 e. The maximum atomic E-state index is 12.3. The number of phenols is 1.